The Morgan fingerprint density at radius 1 is 0.347 bits per heavy atom. The minimum Gasteiger partial charge on any atom is -0.456 e. The quantitative estimate of drug-likeness (QED) is 0.178. The number of fused-ring (bicyclic) bond motifs is 6. The van der Waals surface area contributed by atoms with E-state index in [2.05, 4.69) is 152 Å². The Balaban J connectivity index is 1.24. The second-order valence-electron chi connectivity index (χ2n) is 12.7. The van der Waals surface area contributed by atoms with Crippen LogP contribution < -0.4 is 0 Å². The minimum absolute atomic E-state index is 0.528. The van der Waals surface area contributed by atoms with Gasteiger partial charge in [-0.05, 0) is 101 Å². The van der Waals surface area contributed by atoms with E-state index in [-0.39, 0.29) is 0 Å². The molecule has 49 heavy (non-hydrogen) atoms. The van der Waals surface area contributed by atoms with Gasteiger partial charge in [0.2, 0.25) is 0 Å². The van der Waals surface area contributed by atoms with E-state index in [1.807, 2.05) is 24.3 Å². The first kappa shape index (κ1) is 26.6. The van der Waals surface area contributed by atoms with E-state index in [1.54, 1.807) is 0 Å². The van der Waals surface area contributed by atoms with Crippen molar-refractivity contribution >= 4 is 54.3 Å². The normalized spacial score (nSPS) is 12.0. The fraction of sp³-hybridized carbons (Fsp3) is 0. The first-order valence-corrected chi connectivity index (χ1v) is 16.8. The fourth-order valence-electron chi connectivity index (χ4n) is 7.80. The molecule has 0 fully saturated rings. The third kappa shape index (κ3) is 4.40. The van der Waals surface area contributed by atoms with E-state index in [0.29, 0.717) is 6.04 Å². The summed E-state index contributed by atoms with van der Waals surface area (Å²) in [6.07, 6.45) is 0. The zero-order valence-corrected chi connectivity index (χ0v) is 26.7. The molecule has 228 valence electrons. The summed E-state index contributed by atoms with van der Waals surface area (Å²) in [5.41, 5.74) is 11.3. The first-order valence-electron chi connectivity index (χ1n) is 17.3. The van der Waals surface area contributed by atoms with E-state index in [1.165, 1.54) is 54.9 Å². The molecule has 0 saturated heterocycles. The molecule has 9 aromatic carbocycles. The second-order valence-corrected chi connectivity index (χ2v) is 12.7. The van der Waals surface area contributed by atoms with Crippen LogP contribution in [0.3, 0.4) is 0 Å². The summed E-state index contributed by atoms with van der Waals surface area (Å²) in [4.78, 5) is 0. The van der Waals surface area contributed by atoms with Crippen LogP contribution in [-0.4, -0.2) is 0 Å². The summed E-state index contributed by atoms with van der Waals surface area (Å²) in [7, 11) is 0. The topological polar surface area (TPSA) is 13.1 Å². The van der Waals surface area contributed by atoms with Gasteiger partial charge in [0, 0.05) is 10.8 Å². The highest BCUT2D eigenvalue weighted by atomic mass is 16.3. The molecule has 0 bridgehead atoms. The molecule has 0 aliphatic carbocycles. The predicted octanol–water partition coefficient (Wildman–Crippen LogP) is 13.7. The van der Waals surface area contributed by atoms with E-state index in [9.17, 15) is 0 Å². The van der Waals surface area contributed by atoms with Gasteiger partial charge in [-0.25, -0.2) is 0 Å². The Kier molecular flexibility index (Phi) is 6.02. The van der Waals surface area contributed by atoms with Crippen LogP contribution in [-0.2, 0) is 0 Å². The van der Waals surface area contributed by atoms with Gasteiger partial charge >= 0.3 is 0 Å². The van der Waals surface area contributed by atoms with Crippen LogP contribution in [0.15, 0.2) is 186 Å². The van der Waals surface area contributed by atoms with Crippen LogP contribution in [0.2, 0.25) is 0 Å². The van der Waals surface area contributed by atoms with E-state index < -0.39 is 0 Å². The van der Waals surface area contributed by atoms with Gasteiger partial charge < -0.3 is 4.42 Å². The number of hydrogen-bond acceptors (Lipinski definition) is 1. The third-order valence-corrected chi connectivity index (χ3v) is 10.00. The Labute approximate surface area is 285 Å². The summed E-state index contributed by atoms with van der Waals surface area (Å²) >= 11 is 0. The summed E-state index contributed by atoms with van der Waals surface area (Å²) in [6.45, 7) is 0. The highest BCUT2D eigenvalue weighted by molar-refractivity contribution is 6.26. The lowest BCUT2D eigenvalue weighted by Crippen LogP contribution is -1.93. The SMILES string of the molecule is [2H]c1ccc2cc(-c3ccccc3-c3c4ccccc4c(-c4cccc5oc6cc(-c7ccccc7)ccc6c45)c4ccccc34)ccc2c1. The predicted molar refractivity (Wildman–Crippen MR) is 208 cm³/mol. The highest BCUT2D eigenvalue weighted by Crippen LogP contribution is 2.48. The van der Waals surface area contributed by atoms with Crippen LogP contribution in [0.25, 0.3) is 98.8 Å². The number of hydrogen-bond donors (Lipinski definition) is 0. The zero-order valence-electron chi connectivity index (χ0n) is 27.7. The van der Waals surface area contributed by atoms with E-state index in [4.69, 9.17) is 5.79 Å². The Morgan fingerprint density at radius 3 is 1.73 bits per heavy atom. The molecular formula is C48H30O. The van der Waals surface area contributed by atoms with Gasteiger partial charge in [0.05, 0.1) is 1.37 Å². The lowest BCUT2D eigenvalue weighted by atomic mass is 9.83. The van der Waals surface area contributed by atoms with Crippen molar-refractivity contribution in [3.8, 4) is 44.5 Å². The van der Waals surface area contributed by atoms with Crippen LogP contribution in [0.5, 0.6) is 0 Å². The van der Waals surface area contributed by atoms with Gasteiger partial charge in [-0.1, -0.05) is 158 Å². The molecule has 0 atom stereocenters. The lowest BCUT2D eigenvalue weighted by molar-refractivity contribution is 0.669. The molecule has 1 heterocycles. The molecule has 0 N–H and O–H groups in total. The largest absolute Gasteiger partial charge is 0.456 e. The highest BCUT2D eigenvalue weighted by Gasteiger charge is 2.21. The van der Waals surface area contributed by atoms with Crippen molar-refractivity contribution in [2.24, 2.45) is 0 Å². The number of furan rings is 1. The van der Waals surface area contributed by atoms with Gasteiger partial charge in [-0.3, -0.25) is 0 Å². The summed E-state index contributed by atoms with van der Waals surface area (Å²) < 4.78 is 14.7. The summed E-state index contributed by atoms with van der Waals surface area (Å²) in [5.74, 6) is 0. The minimum atomic E-state index is 0.528. The maximum atomic E-state index is 8.08. The average molecular weight is 624 g/mol. The lowest BCUT2D eigenvalue weighted by Gasteiger charge is -2.20. The molecule has 1 aromatic heterocycles. The molecule has 0 aliphatic heterocycles. The molecular weight excluding hydrogens is 593 g/mol. The molecule has 10 rings (SSSR count). The molecule has 10 aromatic rings. The van der Waals surface area contributed by atoms with Crippen molar-refractivity contribution in [2.75, 3.05) is 0 Å². The Morgan fingerprint density at radius 2 is 0.980 bits per heavy atom. The van der Waals surface area contributed by atoms with Gasteiger partial charge in [0.15, 0.2) is 0 Å². The van der Waals surface area contributed by atoms with E-state index >= 15 is 0 Å². The van der Waals surface area contributed by atoms with Crippen molar-refractivity contribution in [3.63, 3.8) is 0 Å². The summed E-state index contributed by atoms with van der Waals surface area (Å²) in [6, 6.07) is 62.9. The van der Waals surface area contributed by atoms with Gasteiger partial charge in [-0.2, -0.15) is 0 Å². The van der Waals surface area contributed by atoms with Gasteiger partial charge in [-0.15, -0.1) is 0 Å². The van der Waals surface area contributed by atoms with Crippen LogP contribution >= 0.6 is 0 Å². The molecule has 0 unspecified atom stereocenters. The van der Waals surface area contributed by atoms with Gasteiger partial charge in [0.1, 0.15) is 11.2 Å². The Bertz CT molecular complexity index is 2880. The number of benzene rings is 9. The van der Waals surface area contributed by atoms with Crippen LogP contribution in [0.4, 0.5) is 0 Å². The average Bonchev–Trinajstić information content (AvgIpc) is 3.55. The number of rotatable bonds is 4. The van der Waals surface area contributed by atoms with Crippen molar-refractivity contribution < 1.29 is 5.79 Å². The first-order chi connectivity index (χ1) is 24.7. The Hall–Kier alpha value is -6.44. The zero-order chi connectivity index (χ0) is 33.2. The van der Waals surface area contributed by atoms with E-state index in [0.717, 1.165) is 43.8 Å². The smallest absolute Gasteiger partial charge is 0.136 e. The molecule has 0 aliphatic rings. The molecule has 0 saturated carbocycles. The van der Waals surface area contributed by atoms with Crippen LogP contribution in [0.1, 0.15) is 1.37 Å². The van der Waals surface area contributed by atoms with Gasteiger partial charge in [0.25, 0.3) is 0 Å². The van der Waals surface area contributed by atoms with Crippen molar-refractivity contribution in [3.05, 3.63) is 182 Å². The van der Waals surface area contributed by atoms with Crippen molar-refractivity contribution in [1.29, 1.82) is 0 Å². The maximum Gasteiger partial charge on any atom is 0.136 e. The summed E-state index contributed by atoms with van der Waals surface area (Å²) in [5, 5.41) is 9.31. The van der Waals surface area contributed by atoms with Crippen molar-refractivity contribution in [2.45, 2.75) is 0 Å². The molecule has 0 spiro atoms. The third-order valence-electron chi connectivity index (χ3n) is 10.00. The van der Waals surface area contributed by atoms with Crippen LogP contribution in [0, 0.1) is 0 Å². The molecule has 1 nitrogen and oxygen atoms in total. The fourth-order valence-corrected chi connectivity index (χ4v) is 7.80. The molecule has 0 radical (unpaired) electrons. The second kappa shape index (κ2) is 11.1. The molecule has 0 amide bonds. The molecule has 1 heteroatoms. The monoisotopic (exact) mass is 623 g/mol. The standard InChI is InChI=1S/C48H30O/c1-2-13-31(14-3-1)34-27-28-42-45(30-34)49-44-24-12-23-43(48(42)44)47-40-21-10-8-19-38(40)46(39-20-9-11-22-41(39)47)37-18-7-6-17-36(37)35-26-25-32-15-4-5-16-33(32)29-35/h1-30H/i4D. The maximum absolute atomic E-state index is 8.08. The van der Waals surface area contributed by atoms with Crippen molar-refractivity contribution in [1.82, 2.24) is 0 Å².